The van der Waals surface area contributed by atoms with Gasteiger partial charge in [-0.15, -0.1) is 0 Å². The highest BCUT2D eigenvalue weighted by molar-refractivity contribution is 5.65. The van der Waals surface area contributed by atoms with Crippen LogP contribution in [0.4, 0.5) is 0 Å². The molecule has 19 heavy (non-hydrogen) atoms. The first-order valence-electron chi connectivity index (χ1n) is 7.03. The first-order chi connectivity index (χ1) is 9.10. The van der Waals surface area contributed by atoms with Gasteiger partial charge in [-0.2, -0.15) is 0 Å². The molecule has 0 aliphatic rings. The molecule has 0 unspecified atom stereocenters. The summed E-state index contributed by atoms with van der Waals surface area (Å²) in [5, 5.41) is 15.2. The largest absolute Gasteiger partial charge is 0.466 e. The highest BCUT2D eigenvalue weighted by atomic mass is 16.5. The molecule has 5 heteroatoms. The van der Waals surface area contributed by atoms with Gasteiger partial charge in [0.2, 0.25) is 0 Å². The molecule has 0 fully saturated rings. The maximum Gasteiger partial charge on any atom is 0.302 e. The highest BCUT2D eigenvalue weighted by Gasteiger charge is 1.84. The van der Waals surface area contributed by atoms with Gasteiger partial charge in [0.1, 0.15) is 0 Å². The Labute approximate surface area is 117 Å². The van der Waals surface area contributed by atoms with Crippen LogP contribution in [0.5, 0.6) is 0 Å². The average molecular weight is 280 g/mol. The van der Waals surface area contributed by atoms with E-state index in [9.17, 15) is 4.79 Å². The molecule has 0 aromatic rings. The maximum atomic E-state index is 9.82. The molecular formula is C14H32O5. The van der Waals surface area contributed by atoms with E-state index in [-0.39, 0.29) is 19.2 Å². The summed E-state index contributed by atoms with van der Waals surface area (Å²) in [4.78, 5) is 9.82. The summed E-state index contributed by atoms with van der Waals surface area (Å²) < 4.78 is 9.72. The lowest BCUT2D eigenvalue weighted by atomic mass is 10.3. The molecule has 0 aliphatic carbocycles. The number of carbonyl (C=O) groups excluding carboxylic acids is 1. The molecule has 118 valence electrons. The van der Waals surface area contributed by atoms with Crippen LogP contribution in [0.15, 0.2) is 0 Å². The van der Waals surface area contributed by atoms with Crippen molar-refractivity contribution in [2.75, 3.05) is 33.0 Å². The number of aliphatic hydroxyl groups is 2. The number of esters is 1. The SMILES string of the molecule is CCCCOCCCC.CCOC(C)=O.OCCO. The normalized spacial score (nSPS) is 8.74. The van der Waals surface area contributed by atoms with Gasteiger partial charge in [-0.3, -0.25) is 4.79 Å². The predicted octanol–water partition coefficient (Wildman–Crippen LogP) is 2.14. The Morgan fingerprint density at radius 1 is 0.947 bits per heavy atom. The summed E-state index contributed by atoms with van der Waals surface area (Å²) in [7, 11) is 0. The second kappa shape index (κ2) is 26.0. The smallest absolute Gasteiger partial charge is 0.302 e. The van der Waals surface area contributed by atoms with E-state index in [2.05, 4.69) is 18.6 Å². The van der Waals surface area contributed by atoms with Gasteiger partial charge in [-0.05, 0) is 19.8 Å². The zero-order chi connectivity index (χ0) is 15.4. The van der Waals surface area contributed by atoms with Gasteiger partial charge in [-0.25, -0.2) is 0 Å². The second-order valence-electron chi connectivity index (χ2n) is 3.69. The van der Waals surface area contributed by atoms with Crippen molar-refractivity contribution in [3.05, 3.63) is 0 Å². The first kappa shape index (κ1) is 23.4. The number of unbranched alkanes of at least 4 members (excludes halogenated alkanes) is 2. The van der Waals surface area contributed by atoms with Crippen LogP contribution in [0.25, 0.3) is 0 Å². The van der Waals surface area contributed by atoms with Gasteiger partial charge in [0, 0.05) is 20.1 Å². The van der Waals surface area contributed by atoms with E-state index < -0.39 is 0 Å². The van der Waals surface area contributed by atoms with Crippen LogP contribution in [0.3, 0.4) is 0 Å². The van der Waals surface area contributed by atoms with Gasteiger partial charge >= 0.3 is 5.97 Å². The molecule has 0 aliphatic heterocycles. The van der Waals surface area contributed by atoms with Crippen LogP contribution < -0.4 is 0 Å². The minimum atomic E-state index is -0.211. The summed E-state index contributed by atoms with van der Waals surface area (Å²) in [5.41, 5.74) is 0. The van der Waals surface area contributed by atoms with E-state index >= 15 is 0 Å². The quantitative estimate of drug-likeness (QED) is 0.526. The number of ether oxygens (including phenoxy) is 2. The van der Waals surface area contributed by atoms with Gasteiger partial charge in [-0.1, -0.05) is 26.7 Å². The van der Waals surface area contributed by atoms with Crippen LogP contribution in [-0.4, -0.2) is 49.2 Å². The lowest BCUT2D eigenvalue weighted by molar-refractivity contribution is -0.140. The van der Waals surface area contributed by atoms with Gasteiger partial charge in [0.05, 0.1) is 19.8 Å². The zero-order valence-electron chi connectivity index (χ0n) is 13.0. The Kier molecular flexibility index (Phi) is 32.1. The molecule has 2 N–H and O–H groups in total. The van der Waals surface area contributed by atoms with E-state index in [4.69, 9.17) is 14.9 Å². The van der Waals surface area contributed by atoms with E-state index in [1.807, 2.05) is 0 Å². The van der Waals surface area contributed by atoms with Crippen molar-refractivity contribution in [2.24, 2.45) is 0 Å². The standard InChI is InChI=1S/C8H18O.C4H8O2.C2H6O2/c1-3-5-7-9-8-6-4-2;1-3-6-4(2)5;3-1-2-4/h3-8H2,1-2H3;3H2,1-2H3;3-4H,1-2H2. The van der Waals surface area contributed by atoms with Crippen molar-refractivity contribution in [1.29, 1.82) is 0 Å². The molecule has 0 bridgehead atoms. The third-order valence-electron chi connectivity index (χ3n) is 1.73. The molecule has 0 aromatic carbocycles. The van der Waals surface area contributed by atoms with Crippen molar-refractivity contribution in [3.63, 3.8) is 0 Å². The van der Waals surface area contributed by atoms with E-state index in [1.54, 1.807) is 6.92 Å². The molecule has 0 heterocycles. The second-order valence-corrected chi connectivity index (χ2v) is 3.69. The van der Waals surface area contributed by atoms with Crippen LogP contribution in [0.2, 0.25) is 0 Å². The number of rotatable bonds is 8. The van der Waals surface area contributed by atoms with Crippen LogP contribution in [0, 0.1) is 0 Å². The molecule has 0 saturated carbocycles. The summed E-state index contributed by atoms with van der Waals surface area (Å²) in [6.45, 7) is 9.68. The molecule has 0 rings (SSSR count). The van der Waals surface area contributed by atoms with Crippen molar-refractivity contribution >= 4 is 5.97 Å². The molecule has 0 spiro atoms. The Morgan fingerprint density at radius 3 is 1.53 bits per heavy atom. The molecule has 0 aromatic heterocycles. The number of aliphatic hydroxyl groups excluding tert-OH is 2. The van der Waals surface area contributed by atoms with E-state index in [0.29, 0.717) is 6.61 Å². The minimum Gasteiger partial charge on any atom is -0.466 e. The summed E-state index contributed by atoms with van der Waals surface area (Å²) in [6.07, 6.45) is 4.91. The first-order valence-corrected chi connectivity index (χ1v) is 7.03. The van der Waals surface area contributed by atoms with Crippen molar-refractivity contribution in [2.45, 2.75) is 53.4 Å². The average Bonchev–Trinajstić information content (AvgIpc) is 2.39. The molecule has 0 atom stereocenters. The van der Waals surface area contributed by atoms with Crippen LogP contribution in [-0.2, 0) is 14.3 Å². The van der Waals surface area contributed by atoms with Crippen molar-refractivity contribution < 1.29 is 24.5 Å². The Morgan fingerprint density at radius 2 is 1.37 bits per heavy atom. The Hall–Kier alpha value is -0.650. The summed E-state index contributed by atoms with van der Waals surface area (Å²) >= 11 is 0. The fraction of sp³-hybridized carbons (Fsp3) is 0.929. The molecule has 0 amide bonds. The maximum absolute atomic E-state index is 9.82. The van der Waals surface area contributed by atoms with Gasteiger partial charge in [0.15, 0.2) is 0 Å². The predicted molar refractivity (Wildman–Crippen MR) is 77.1 cm³/mol. The number of hydrogen-bond donors (Lipinski definition) is 2. The zero-order valence-corrected chi connectivity index (χ0v) is 13.0. The molecular weight excluding hydrogens is 248 g/mol. The fourth-order valence-electron chi connectivity index (χ4n) is 0.798. The molecule has 0 saturated heterocycles. The monoisotopic (exact) mass is 280 g/mol. The lowest BCUT2D eigenvalue weighted by Crippen LogP contribution is -1.95. The van der Waals surface area contributed by atoms with Crippen LogP contribution >= 0.6 is 0 Å². The molecule has 0 radical (unpaired) electrons. The molecule has 5 nitrogen and oxygen atoms in total. The van der Waals surface area contributed by atoms with Crippen molar-refractivity contribution in [3.8, 4) is 0 Å². The third kappa shape index (κ3) is 46.8. The van der Waals surface area contributed by atoms with Crippen molar-refractivity contribution in [1.82, 2.24) is 0 Å². The third-order valence-corrected chi connectivity index (χ3v) is 1.73. The van der Waals surface area contributed by atoms with Gasteiger partial charge in [0.25, 0.3) is 0 Å². The highest BCUT2D eigenvalue weighted by Crippen LogP contribution is 1.91. The lowest BCUT2D eigenvalue weighted by Gasteiger charge is -1.99. The number of carbonyl (C=O) groups is 1. The topological polar surface area (TPSA) is 76.0 Å². The van der Waals surface area contributed by atoms with E-state index in [0.717, 1.165) is 13.2 Å². The fourth-order valence-corrected chi connectivity index (χ4v) is 0.798. The summed E-state index contributed by atoms with van der Waals surface area (Å²) in [6, 6.07) is 0. The van der Waals surface area contributed by atoms with E-state index in [1.165, 1.54) is 32.6 Å². The van der Waals surface area contributed by atoms with Gasteiger partial charge < -0.3 is 19.7 Å². The van der Waals surface area contributed by atoms with Crippen LogP contribution in [0.1, 0.15) is 53.4 Å². The number of hydrogen-bond acceptors (Lipinski definition) is 5. The summed E-state index contributed by atoms with van der Waals surface area (Å²) in [5.74, 6) is -0.211. The minimum absolute atomic E-state index is 0.125. The Bertz CT molecular complexity index is 143. The Balaban J connectivity index is -0.000000222.